The maximum Gasteiger partial charge on any atom is 0.140 e. The fourth-order valence-corrected chi connectivity index (χ4v) is 1.37. The molecule has 0 heterocycles. The monoisotopic (exact) mass is 186 g/mol. The van der Waals surface area contributed by atoms with Crippen LogP contribution in [-0.4, -0.2) is 19.3 Å². The van der Waals surface area contributed by atoms with E-state index in [0.717, 1.165) is 5.56 Å². The Morgan fingerprint density at radius 2 is 2.08 bits per heavy atom. The van der Waals surface area contributed by atoms with Gasteiger partial charge in [0, 0.05) is 0 Å². The van der Waals surface area contributed by atoms with Crippen molar-refractivity contribution in [2.45, 2.75) is 6.42 Å². The van der Waals surface area contributed by atoms with Crippen molar-refractivity contribution in [3.8, 4) is 5.75 Å². The first-order valence-electron chi connectivity index (χ1n) is 3.58. The quantitative estimate of drug-likeness (QED) is 0.678. The van der Waals surface area contributed by atoms with Crippen LogP contribution in [0.5, 0.6) is 5.75 Å². The average Bonchev–Trinajstić information content (AvgIpc) is 2.01. The Hall–Kier alpha value is -1.03. The van der Waals surface area contributed by atoms with Gasteiger partial charge in [-0.15, -0.1) is 0 Å². The molecule has 1 N–H and O–H groups in total. The summed E-state index contributed by atoms with van der Waals surface area (Å²) in [5.74, 6) is 0.312. The number of hydrogen-bond donors (Lipinski definition) is 2. The third-order valence-corrected chi connectivity index (χ3v) is 2.08. The van der Waals surface area contributed by atoms with Crippen LogP contribution in [0, 0.1) is 0 Å². The van der Waals surface area contributed by atoms with Crippen molar-refractivity contribution < 1.29 is 13.5 Å². The van der Waals surface area contributed by atoms with Crippen molar-refractivity contribution in [2.24, 2.45) is 0 Å². The van der Waals surface area contributed by atoms with E-state index in [1.165, 1.54) is 0 Å². The van der Waals surface area contributed by atoms with Gasteiger partial charge >= 0.3 is 0 Å². The molecule has 0 aliphatic rings. The lowest BCUT2D eigenvalue weighted by Gasteiger charge is -1.97. The van der Waals surface area contributed by atoms with Crippen LogP contribution in [0.2, 0.25) is 0 Å². The van der Waals surface area contributed by atoms with Crippen LogP contribution in [0.3, 0.4) is 0 Å². The summed E-state index contributed by atoms with van der Waals surface area (Å²) in [5.41, 5.74) is 0.842. The zero-order valence-electron chi connectivity index (χ0n) is 6.43. The summed E-state index contributed by atoms with van der Waals surface area (Å²) < 4.78 is 20.5. The van der Waals surface area contributed by atoms with E-state index in [9.17, 15) is 8.42 Å². The van der Waals surface area contributed by atoms with E-state index < -0.39 is 10.7 Å². The summed E-state index contributed by atoms with van der Waals surface area (Å²) in [6.07, 6.45) is 0.465. The van der Waals surface area contributed by atoms with Crippen LogP contribution in [0.4, 0.5) is 0 Å². The second-order valence-electron chi connectivity index (χ2n) is 2.48. The maximum absolute atomic E-state index is 10.2. The molecule has 0 spiro atoms. The molecule has 0 amide bonds. The van der Waals surface area contributed by atoms with Crippen molar-refractivity contribution in [3.63, 3.8) is 0 Å². The van der Waals surface area contributed by atoms with Crippen molar-refractivity contribution in [3.05, 3.63) is 29.8 Å². The number of phenolic OH excluding ortho intramolecular Hbond substituents is 1. The first-order valence-corrected chi connectivity index (χ1v) is 4.94. The minimum Gasteiger partial charge on any atom is -0.508 e. The molecule has 0 saturated carbocycles. The first kappa shape index (κ1) is 9.06. The van der Waals surface area contributed by atoms with E-state index in [1.54, 1.807) is 24.3 Å². The van der Waals surface area contributed by atoms with Gasteiger partial charge in [0.25, 0.3) is 0 Å². The molecular formula is C8H10O3S. The van der Waals surface area contributed by atoms with Crippen molar-refractivity contribution in [2.75, 3.05) is 5.75 Å². The topological polar surface area (TPSA) is 54.4 Å². The summed E-state index contributed by atoms with van der Waals surface area (Å²) in [4.78, 5) is 0. The predicted molar refractivity (Wildman–Crippen MR) is 47.0 cm³/mol. The Morgan fingerprint density at radius 3 is 2.67 bits per heavy atom. The predicted octanol–water partition coefficient (Wildman–Crippen LogP) is 0.546. The van der Waals surface area contributed by atoms with Gasteiger partial charge in [-0.3, -0.25) is 0 Å². The fourth-order valence-electron chi connectivity index (χ4n) is 0.932. The summed E-state index contributed by atoms with van der Waals surface area (Å²) in [5, 5.41) is 9.03. The van der Waals surface area contributed by atoms with Gasteiger partial charge in [0.1, 0.15) is 16.5 Å². The number of hydrogen-bond acceptors (Lipinski definition) is 3. The third kappa shape index (κ3) is 2.92. The number of phenols is 1. The minimum absolute atomic E-state index is 0.138. The van der Waals surface area contributed by atoms with E-state index in [2.05, 4.69) is 0 Å². The third-order valence-electron chi connectivity index (χ3n) is 1.49. The second-order valence-corrected chi connectivity index (χ2v) is 3.59. The van der Waals surface area contributed by atoms with E-state index >= 15 is 0 Å². The molecule has 12 heavy (non-hydrogen) atoms. The molecule has 0 aliphatic heterocycles. The summed E-state index contributed by atoms with van der Waals surface area (Å²) >= 11 is 0. The molecular weight excluding hydrogens is 176 g/mol. The SMILES string of the molecule is O=[SH](=O)CCc1cccc(O)c1. The van der Waals surface area contributed by atoms with Gasteiger partial charge in [-0.2, -0.15) is 0 Å². The van der Waals surface area contributed by atoms with Gasteiger partial charge in [0.05, 0.1) is 5.75 Å². The molecule has 3 nitrogen and oxygen atoms in total. The maximum atomic E-state index is 10.2. The van der Waals surface area contributed by atoms with Crippen LogP contribution < -0.4 is 0 Å². The lowest BCUT2D eigenvalue weighted by atomic mass is 10.2. The molecule has 0 aliphatic carbocycles. The highest BCUT2D eigenvalue weighted by molar-refractivity contribution is 7.72. The zero-order chi connectivity index (χ0) is 8.97. The zero-order valence-corrected chi connectivity index (χ0v) is 7.33. The Morgan fingerprint density at radius 1 is 1.33 bits per heavy atom. The molecule has 1 aromatic carbocycles. The fraction of sp³-hybridized carbons (Fsp3) is 0.250. The molecule has 0 fully saturated rings. The Kier molecular flexibility index (Phi) is 3.10. The molecule has 0 atom stereocenters. The molecule has 0 aromatic heterocycles. The molecule has 4 heteroatoms. The largest absolute Gasteiger partial charge is 0.508 e. The molecule has 0 unspecified atom stereocenters. The van der Waals surface area contributed by atoms with E-state index in [1.807, 2.05) is 0 Å². The number of benzene rings is 1. The van der Waals surface area contributed by atoms with Gasteiger partial charge in [-0.1, -0.05) is 12.1 Å². The summed E-state index contributed by atoms with van der Waals surface area (Å²) in [7, 11) is -2.32. The molecule has 66 valence electrons. The number of aromatic hydroxyl groups is 1. The van der Waals surface area contributed by atoms with Crippen LogP contribution >= 0.6 is 0 Å². The van der Waals surface area contributed by atoms with Crippen LogP contribution in [0.15, 0.2) is 24.3 Å². The molecule has 0 bridgehead atoms. The van der Waals surface area contributed by atoms with Crippen molar-refractivity contribution in [1.29, 1.82) is 0 Å². The first-order chi connectivity index (χ1) is 5.68. The number of rotatable bonds is 3. The van der Waals surface area contributed by atoms with Crippen LogP contribution in [0.1, 0.15) is 5.56 Å². The van der Waals surface area contributed by atoms with Gasteiger partial charge in [-0.25, -0.2) is 8.42 Å². The molecule has 1 rings (SSSR count). The second kappa shape index (κ2) is 4.11. The molecule has 0 saturated heterocycles. The minimum atomic E-state index is -2.32. The highest BCUT2D eigenvalue weighted by Gasteiger charge is 1.94. The highest BCUT2D eigenvalue weighted by Crippen LogP contribution is 2.10. The highest BCUT2D eigenvalue weighted by atomic mass is 32.2. The van der Waals surface area contributed by atoms with Gasteiger partial charge in [-0.05, 0) is 24.1 Å². The summed E-state index contributed by atoms with van der Waals surface area (Å²) in [6, 6.07) is 6.61. The Balaban J connectivity index is 2.63. The lowest BCUT2D eigenvalue weighted by Crippen LogP contribution is -1.92. The van der Waals surface area contributed by atoms with Gasteiger partial charge in [0.2, 0.25) is 0 Å². The van der Waals surface area contributed by atoms with E-state index in [-0.39, 0.29) is 11.5 Å². The average molecular weight is 186 g/mol. The van der Waals surface area contributed by atoms with Crippen LogP contribution in [-0.2, 0) is 17.1 Å². The Labute approximate surface area is 72.6 Å². The number of aryl methyl sites for hydroxylation is 1. The standard InChI is InChI=1S/C8H10O3S/c9-8-3-1-2-7(6-8)4-5-12(10)11/h1-3,6,9,12H,4-5H2. The van der Waals surface area contributed by atoms with Crippen molar-refractivity contribution >= 4 is 10.7 Å². The van der Waals surface area contributed by atoms with E-state index in [4.69, 9.17) is 5.11 Å². The van der Waals surface area contributed by atoms with Gasteiger partial charge in [0.15, 0.2) is 0 Å². The normalized spacial score (nSPS) is 10.4. The van der Waals surface area contributed by atoms with Crippen LogP contribution in [0.25, 0.3) is 0 Å². The van der Waals surface area contributed by atoms with Gasteiger partial charge < -0.3 is 5.11 Å². The molecule has 1 aromatic rings. The van der Waals surface area contributed by atoms with E-state index in [0.29, 0.717) is 6.42 Å². The smallest absolute Gasteiger partial charge is 0.140 e. The Bertz CT molecular complexity index is 323. The summed E-state index contributed by atoms with van der Waals surface area (Å²) in [6.45, 7) is 0. The van der Waals surface area contributed by atoms with Crippen molar-refractivity contribution in [1.82, 2.24) is 0 Å². The lowest BCUT2D eigenvalue weighted by molar-refractivity contribution is 0.474. The molecule has 0 radical (unpaired) electrons. The number of thiol groups is 1.